The largest absolute Gasteiger partial charge is 0.508 e. The number of amides is 1. The number of nitrogens with zero attached hydrogens (tertiary/aromatic N) is 1. The van der Waals surface area contributed by atoms with E-state index in [-0.39, 0.29) is 11.7 Å². The highest BCUT2D eigenvalue weighted by Gasteiger charge is 2.23. The summed E-state index contributed by atoms with van der Waals surface area (Å²) >= 11 is 0. The van der Waals surface area contributed by atoms with E-state index in [4.69, 9.17) is 0 Å². The van der Waals surface area contributed by atoms with Gasteiger partial charge in [-0.3, -0.25) is 4.79 Å². The fraction of sp³-hybridized carbons (Fsp3) is 0.235. The topological polar surface area (TPSA) is 52.6 Å². The molecule has 2 aromatic carbocycles. The van der Waals surface area contributed by atoms with Crippen LogP contribution in [0.1, 0.15) is 18.4 Å². The van der Waals surface area contributed by atoms with E-state index in [1.54, 1.807) is 12.1 Å². The maximum atomic E-state index is 11.9. The van der Waals surface area contributed by atoms with Crippen molar-refractivity contribution in [3.63, 3.8) is 0 Å². The minimum atomic E-state index is 0.182. The molecule has 2 N–H and O–H groups in total. The molecule has 21 heavy (non-hydrogen) atoms. The summed E-state index contributed by atoms with van der Waals surface area (Å²) in [6.07, 6.45) is 1.54. The van der Waals surface area contributed by atoms with E-state index in [0.717, 1.165) is 29.9 Å². The molecule has 1 fully saturated rings. The van der Waals surface area contributed by atoms with E-state index in [1.165, 1.54) is 0 Å². The van der Waals surface area contributed by atoms with Crippen LogP contribution in [0.15, 0.2) is 48.5 Å². The van der Waals surface area contributed by atoms with Gasteiger partial charge in [-0.25, -0.2) is 0 Å². The number of aromatic hydroxyl groups is 1. The Bertz CT molecular complexity index is 655. The number of phenolic OH excluding ortho intramolecular Hbond substituents is 1. The highest BCUT2D eigenvalue weighted by Crippen LogP contribution is 2.29. The molecule has 0 spiro atoms. The smallest absolute Gasteiger partial charge is 0.227 e. The average molecular weight is 282 g/mol. The van der Waals surface area contributed by atoms with Gasteiger partial charge in [-0.05, 0) is 36.2 Å². The van der Waals surface area contributed by atoms with Crippen LogP contribution < -0.4 is 10.2 Å². The lowest BCUT2D eigenvalue weighted by molar-refractivity contribution is -0.117. The summed E-state index contributed by atoms with van der Waals surface area (Å²) in [5, 5.41) is 12.8. The lowest BCUT2D eigenvalue weighted by Crippen LogP contribution is -2.24. The second-order valence-electron chi connectivity index (χ2n) is 5.19. The van der Waals surface area contributed by atoms with Crippen molar-refractivity contribution < 1.29 is 9.90 Å². The molecule has 0 radical (unpaired) electrons. The molecule has 0 aromatic heterocycles. The van der Waals surface area contributed by atoms with Crippen LogP contribution in [0, 0.1) is 0 Å². The van der Waals surface area contributed by atoms with E-state index >= 15 is 0 Å². The van der Waals surface area contributed by atoms with Gasteiger partial charge < -0.3 is 15.3 Å². The minimum absolute atomic E-state index is 0.182. The number of hydrogen-bond donors (Lipinski definition) is 2. The van der Waals surface area contributed by atoms with Crippen LogP contribution in [0.4, 0.5) is 11.4 Å². The summed E-state index contributed by atoms with van der Waals surface area (Å²) < 4.78 is 0. The van der Waals surface area contributed by atoms with Crippen LogP contribution in [0.5, 0.6) is 5.75 Å². The van der Waals surface area contributed by atoms with Gasteiger partial charge in [0.05, 0.1) is 11.4 Å². The Balaban J connectivity index is 1.78. The molecule has 1 amide bonds. The Morgan fingerprint density at radius 2 is 2.00 bits per heavy atom. The van der Waals surface area contributed by atoms with Crippen molar-refractivity contribution in [2.45, 2.75) is 19.4 Å². The van der Waals surface area contributed by atoms with Gasteiger partial charge >= 0.3 is 0 Å². The molecular weight excluding hydrogens is 264 g/mol. The quantitative estimate of drug-likeness (QED) is 0.906. The molecular formula is C17H18N2O2. The molecule has 108 valence electrons. The van der Waals surface area contributed by atoms with E-state index in [2.05, 4.69) is 5.32 Å². The maximum absolute atomic E-state index is 11.9. The maximum Gasteiger partial charge on any atom is 0.227 e. The van der Waals surface area contributed by atoms with Gasteiger partial charge in [0, 0.05) is 19.5 Å². The van der Waals surface area contributed by atoms with Crippen molar-refractivity contribution >= 4 is 17.3 Å². The van der Waals surface area contributed by atoms with Crippen molar-refractivity contribution in [1.29, 1.82) is 0 Å². The SMILES string of the molecule is O=C1CCCN1c1ccccc1NCc1cccc(O)c1. The number of carbonyl (C=O) groups excluding carboxylic acids is 1. The number of rotatable bonds is 4. The molecule has 0 atom stereocenters. The first kappa shape index (κ1) is 13.5. The van der Waals surface area contributed by atoms with Crippen molar-refractivity contribution in [3.8, 4) is 5.75 Å². The fourth-order valence-electron chi connectivity index (χ4n) is 2.63. The van der Waals surface area contributed by atoms with Crippen LogP contribution in [0.2, 0.25) is 0 Å². The number of hydrogen-bond acceptors (Lipinski definition) is 3. The van der Waals surface area contributed by atoms with Gasteiger partial charge in [-0.15, -0.1) is 0 Å². The molecule has 1 saturated heterocycles. The van der Waals surface area contributed by atoms with Crippen LogP contribution in [0.25, 0.3) is 0 Å². The standard InChI is InChI=1S/C17H18N2O2/c20-14-6-3-5-13(11-14)12-18-15-7-1-2-8-16(15)19-10-4-9-17(19)21/h1-3,5-8,11,18,20H,4,9-10,12H2. The minimum Gasteiger partial charge on any atom is -0.508 e. The van der Waals surface area contributed by atoms with Crippen LogP contribution >= 0.6 is 0 Å². The molecule has 0 bridgehead atoms. The van der Waals surface area contributed by atoms with Gasteiger partial charge in [0.1, 0.15) is 5.75 Å². The Hall–Kier alpha value is -2.49. The average Bonchev–Trinajstić information content (AvgIpc) is 2.91. The van der Waals surface area contributed by atoms with Crippen molar-refractivity contribution in [2.75, 3.05) is 16.8 Å². The summed E-state index contributed by atoms with van der Waals surface area (Å²) in [5.41, 5.74) is 2.87. The lowest BCUT2D eigenvalue weighted by atomic mass is 10.2. The van der Waals surface area contributed by atoms with Crippen LogP contribution in [0.3, 0.4) is 0 Å². The summed E-state index contributed by atoms with van der Waals surface area (Å²) in [6.45, 7) is 1.39. The zero-order valence-electron chi connectivity index (χ0n) is 11.7. The summed E-state index contributed by atoms with van der Waals surface area (Å²) in [7, 11) is 0. The number of benzene rings is 2. The first-order valence-corrected chi connectivity index (χ1v) is 7.15. The summed E-state index contributed by atoms with van der Waals surface area (Å²) in [5.74, 6) is 0.443. The van der Waals surface area contributed by atoms with E-state index in [9.17, 15) is 9.90 Å². The Kier molecular flexibility index (Phi) is 3.77. The van der Waals surface area contributed by atoms with E-state index in [0.29, 0.717) is 13.0 Å². The predicted octanol–water partition coefficient (Wildman–Crippen LogP) is 3.13. The van der Waals surface area contributed by atoms with Crippen molar-refractivity contribution in [3.05, 3.63) is 54.1 Å². The Labute approximate surface area is 124 Å². The molecule has 1 aliphatic rings. The molecule has 3 rings (SSSR count). The molecule has 0 unspecified atom stereocenters. The molecule has 4 heteroatoms. The lowest BCUT2D eigenvalue weighted by Gasteiger charge is -2.20. The number of anilines is 2. The van der Waals surface area contributed by atoms with Gasteiger partial charge in [0.15, 0.2) is 0 Å². The van der Waals surface area contributed by atoms with Crippen molar-refractivity contribution in [1.82, 2.24) is 0 Å². The second-order valence-corrected chi connectivity index (χ2v) is 5.19. The number of phenols is 1. The number of carbonyl (C=O) groups is 1. The molecule has 2 aromatic rings. The van der Waals surface area contributed by atoms with Crippen LogP contribution in [-0.4, -0.2) is 17.6 Å². The summed E-state index contributed by atoms with van der Waals surface area (Å²) in [4.78, 5) is 13.7. The third-order valence-corrected chi connectivity index (χ3v) is 3.66. The van der Waals surface area contributed by atoms with E-state index < -0.39 is 0 Å². The molecule has 0 saturated carbocycles. The molecule has 1 heterocycles. The zero-order valence-corrected chi connectivity index (χ0v) is 11.7. The highest BCUT2D eigenvalue weighted by atomic mass is 16.3. The van der Waals surface area contributed by atoms with Gasteiger partial charge in [-0.2, -0.15) is 0 Å². The van der Waals surface area contributed by atoms with Gasteiger partial charge in [0.2, 0.25) is 5.91 Å². The number of para-hydroxylation sites is 2. The van der Waals surface area contributed by atoms with Crippen LogP contribution in [-0.2, 0) is 11.3 Å². The van der Waals surface area contributed by atoms with Gasteiger partial charge in [0.25, 0.3) is 0 Å². The monoisotopic (exact) mass is 282 g/mol. The van der Waals surface area contributed by atoms with Gasteiger partial charge in [-0.1, -0.05) is 24.3 Å². The summed E-state index contributed by atoms with van der Waals surface area (Å²) in [6, 6.07) is 15.0. The third kappa shape index (κ3) is 2.99. The molecule has 0 aliphatic carbocycles. The fourth-order valence-corrected chi connectivity index (χ4v) is 2.63. The second kappa shape index (κ2) is 5.87. The zero-order chi connectivity index (χ0) is 14.7. The third-order valence-electron chi connectivity index (χ3n) is 3.66. The predicted molar refractivity (Wildman–Crippen MR) is 83.5 cm³/mol. The normalized spacial score (nSPS) is 14.5. The number of nitrogens with one attached hydrogen (secondary N) is 1. The molecule has 1 aliphatic heterocycles. The Morgan fingerprint density at radius 1 is 1.14 bits per heavy atom. The van der Waals surface area contributed by atoms with Crippen molar-refractivity contribution in [2.24, 2.45) is 0 Å². The highest BCUT2D eigenvalue weighted by molar-refractivity contribution is 5.98. The van der Waals surface area contributed by atoms with E-state index in [1.807, 2.05) is 41.3 Å². The first-order chi connectivity index (χ1) is 10.2. The Morgan fingerprint density at radius 3 is 2.76 bits per heavy atom. The molecule has 4 nitrogen and oxygen atoms in total. The first-order valence-electron chi connectivity index (χ1n) is 7.15.